The van der Waals surface area contributed by atoms with E-state index < -0.39 is 57.3 Å². The van der Waals surface area contributed by atoms with Gasteiger partial charge in [-0.2, -0.15) is 0 Å². The van der Waals surface area contributed by atoms with Crippen molar-refractivity contribution in [2.75, 3.05) is 64.7 Å². The molecule has 62 heavy (non-hydrogen) atoms. The second-order valence-corrected chi connectivity index (χ2v) is 19.0. The maximum Gasteiger partial charge on any atom is 0.343 e. The fourth-order valence-corrected chi connectivity index (χ4v) is 12.1. The van der Waals surface area contributed by atoms with Gasteiger partial charge in [-0.25, -0.2) is 13.6 Å². The zero-order chi connectivity index (χ0) is 44.4. The van der Waals surface area contributed by atoms with Crippen LogP contribution in [-0.2, 0) is 23.8 Å². The molecule has 0 amide bonds. The lowest BCUT2D eigenvalue weighted by Gasteiger charge is -2.62. The monoisotopic (exact) mass is 865 g/mol. The number of alkyl halides is 1. The number of fused-ring (bicyclic) bond motifs is 6. The van der Waals surface area contributed by atoms with Crippen molar-refractivity contribution in [3.05, 3.63) is 57.7 Å². The minimum atomic E-state index is -2.04. The number of halogens is 2. The minimum Gasteiger partial charge on any atom is -0.492 e. The number of hydrogen-bond donors (Lipinski definition) is 3. The van der Waals surface area contributed by atoms with Gasteiger partial charge in [0, 0.05) is 67.7 Å². The van der Waals surface area contributed by atoms with Crippen molar-refractivity contribution in [3.8, 4) is 5.75 Å². The first-order valence-corrected chi connectivity index (χ1v) is 22.3. The van der Waals surface area contributed by atoms with Crippen molar-refractivity contribution in [3.63, 3.8) is 0 Å². The van der Waals surface area contributed by atoms with E-state index in [0.29, 0.717) is 62.1 Å². The molecule has 15 heteroatoms. The van der Waals surface area contributed by atoms with Gasteiger partial charge in [0.2, 0.25) is 5.43 Å². The standard InChI is InChI=1S/C47H61F2N3O10/c1-27-21-35-34-11-8-29-22-31(53)12-13-44(29,3)46(34,49)38(55)24-45(35,4)47(27,58)37(54)7-6-16-60-17-18-61-19-20-62-43(57)33-26-52(30-9-10-30)39-32(41(33)56)23-36(48)40(42(39)59-5)51-15-14-50-28(2)25-51/h12-13,22-23,26-28,30,34-35,38,50,55,58H,6-11,14-21,24-25H2,1-5H3/t27-,28?,34+,35+,38+,44+,45+,46+,47+/m0/s1. The quantitative estimate of drug-likeness (QED) is 0.159. The number of aromatic nitrogens is 1. The molecule has 2 aromatic rings. The van der Waals surface area contributed by atoms with Crippen molar-refractivity contribution < 1.29 is 52.3 Å². The van der Waals surface area contributed by atoms with E-state index in [1.807, 2.05) is 30.2 Å². The Bertz CT molecular complexity index is 2240. The van der Waals surface area contributed by atoms with E-state index in [-0.39, 0.29) is 92.1 Å². The Hall–Kier alpha value is -4.02. The van der Waals surface area contributed by atoms with Crippen LogP contribution in [0.2, 0.25) is 0 Å². The molecule has 6 aliphatic rings. The molecule has 0 spiro atoms. The summed E-state index contributed by atoms with van der Waals surface area (Å²) in [5.74, 6) is -3.05. The lowest BCUT2D eigenvalue weighted by Crippen LogP contribution is -2.69. The van der Waals surface area contributed by atoms with Gasteiger partial charge in [-0.05, 0) is 88.8 Å². The summed E-state index contributed by atoms with van der Waals surface area (Å²) in [4.78, 5) is 54.9. The van der Waals surface area contributed by atoms with Crippen LogP contribution in [0.25, 0.3) is 10.9 Å². The smallest absolute Gasteiger partial charge is 0.343 e. The number of Topliss-reactive ketones (excluding diaryl/α,β-unsaturated/α-hetero) is 1. The minimum absolute atomic E-state index is 0.0351. The molecule has 1 aromatic heterocycles. The Kier molecular flexibility index (Phi) is 12.1. The zero-order valence-electron chi connectivity index (χ0n) is 36.5. The van der Waals surface area contributed by atoms with Crippen LogP contribution in [0.15, 0.2) is 40.9 Å². The molecule has 1 saturated heterocycles. The molecule has 1 aromatic carbocycles. The highest BCUT2D eigenvalue weighted by Gasteiger charge is 2.75. The lowest BCUT2D eigenvalue weighted by molar-refractivity contribution is -0.219. The van der Waals surface area contributed by atoms with Crippen LogP contribution < -0.4 is 20.4 Å². The van der Waals surface area contributed by atoms with Crippen LogP contribution in [0, 0.1) is 34.4 Å². The van der Waals surface area contributed by atoms with Crippen molar-refractivity contribution in [2.45, 2.75) is 109 Å². The molecule has 3 N–H and O–H groups in total. The number of rotatable bonds is 15. The number of nitrogens with one attached hydrogen (secondary N) is 1. The van der Waals surface area contributed by atoms with Gasteiger partial charge in [-0.15, -0.1) is 0 Å². The molecular formula is C47H61F2N3O10. The number of nitrogens with zero attached hydrogens (tertiary/aromatic N) is 2. The van der Waals surface area contributed by atoms with Crippen LogP contribution in [0.3, 0.4) is 0 Å². The molecule has 338 valence electrons. The molecule has 5 fully saturated rings. The number of esters is 1. The van der Waals surface area contributed by atoms with Gasteiger partial charge in [0.05, 0.1) is 43.9 Å². The Morgan fingerprint density at radius 1 is 1.03 bits per heavy atom. The summed E-state index contributed by atoms with van der Waals surface area (Å²) >= 11 is 0. The first kappa shape index (κ1) is 44.6. The number of allylic oxidation sites excluding steroid dienone is 4. The largest absolute Gasteiger partial charge is 0.492 e. The van der Waals surface area contributed by atoms with Gasteiger partial charge < -0.3 is 43.9 Å². The Morgan fingerprint density at radius 3 is 2.47 bits per heavy atom. The summed E-state index contributed by atoms with van der Waals surface area (Å²) in [6.45, 7) is 9.76. The molecule has 9 atom stereocenters. The summed E-state index contributed by atoms with van der Waals surface area (Å²) in [6.07, 6.45) is 7.93. The number of hydrogen-bond acceptors (Lipinski definition) is 12. The Balaban J connectivity index is 0.807. The number of carbonyl (C=O) groups excluding carboxylic acids is 3. The highest BCUT2D eigenvalue weighted by molar-refractivity contribution is 6.01. The molecule has 0 bridgehead atoms. The number of methoxy groups -OCH3 is 1. The summed E-state index contributed by atoms with van der Waals surface area (Å²) in [7, 11) is 1.46. The second kappa shape index (κ2) is 16.8. The fourth-order valence-electron chi connectivity index (χ4n) is 12.1. The summed E-state index contributed by atoms with van der Waals surface area (Å²) in [6, 6.07) is 1.38. The number of carbonyl (C=O) groups is 3. The van der Waals surface area contributed by atoms with E-state index in [0.717, 1.165) is 12.8 Å². The molecule has 1 unspecified atom stereocenters. The number of benzene rings is 1. The summed E-state index contributed by atoms with van der Waals surface area (Å²) in [5, 5.41) is 27.2. The third kappa shape index (κ3) is 7.14. The molecule has 0 radical (unpaired) electrons. The van der Waals surface area contributed by atoms with E-state index in [9.17, 15) is 29.4 Å². The number of ketones is 2. The van der Waals surface area contributed by atoms with Crippen molar-refractivity contribution >= 4 is 34.1 Å². The van der Waals surface area contributed by atoms with E-state index >= 15 is 8.78 Å². The molecule has 1 aliphatic heterocycles. The van der Waals surface area contributed by atoms with Gasteiger partial charge in [0.15, 0.2) is 28.8 Å². The summed E-state index contributed by atoms with van der Waals surface area (Å²) in [5.41, 5.74) is -5.34. The van der Waals surface area contributed by atoms with Crippen LogP contribution in [0.4, 0.5) is 14.5 Å². The van der Waals surface area contributed by atoms with Crippen LogP contribution in [0.5, 0.6) is 5.75 Å². The van der Waals surface area contributed by atoms with E-state index in [2.05, 4.69) is 5.32 Å². The van der Waals surface area contributed by atoms with Crippen LogP contribution >= 0.6 is 0 Å². The molecule has 4 saturated carbocycles. The molecule has 13 nitrogen and oxygen atoms in total. The molecule has 2 heterocycles. The SMILES string of the molecule is COc1c(N2CCNC(C)C2)c(F)cc2c(=O)c(C(=O)OCCOCCOCCCC(=O)[C@]3(O)[C@@H](C)C[C@@H]4[C@H]5CCC6=CC(=O)C=C[C@@]6(C)[C@]5(F)[C@H](O)C[C@]43C)cn(C3CC3)c12. The van der Waals surface area contributed by atoms with Gasteiger partial charge >= 0.3 is 5.97 Å². The number of piperazine rings is 1. The predicted molar refractivity (Wildman–Crippen MR) is 227 cm³/mol. The average molecular weight is 866 g/mol. The molecule has 8 rings (SSSR count). The number of aliphatic hydroxyl groups is 2. The number of aliphatic hydroxyl groups excluding tert-OH is 1. The number of anilines is 1. The highest BCUT2D eigenvalue weighted by Crippen LogP contribution is 2.70. The Labute approximate surface area is 360 Å². The fraction of sp³-hybridized carbons (Fsp3) is 0.660. The van der Waals surface area contributed by atoms with E-state index in [4.69, 9.17) is 18.9 Å². The topological polar surface area (TPSA) is 166 Å². The lowest BCUT2D eigenvalue weighted by atomic mass is 9.44. The van der Waals surface area contributed by atoms with E-state index in [1.54, 1.807) is 13.0 Å². The predicted octanol–water partition coefficient (Wildman–Crippen LogP) is 5.17. The number of pyridine rings is 1. The van der Waals surface area contributed by atoms with Crippen molar-refractivity contribution in [2.24, 2.45) is 28.6 Å². The van der Waals surface area contributed by atoms with Crippen LogP contribution in [-0.4, -0.2) is 116 Å². The molecule has 5 aliphatic carbocycles. The number of ether oxygens (including phenoxy) is 4. The molecular weight excluding hydrogens is 805 g/mol. The van der Waals surface area contributed by atoms with Gasteiger partial charge in [0.1, 0.15) is 23.5 Å². The van der Waals surface area contributed by atoms with Crippen LogP contribution in [0.1, 0.15) is 95.5 Å². The van der Waals surface area contributed by atoms with Crippen molar-refractivity contribution in [1.29, 1.82) is 0 Å². The van der Waals surface area contributed by atoms with E-state index in [1.165, 1.54) is 31.5 Å². The first-order chi connectivity index (χ1) is 29.5. The highest BCUT2D eigenvalue weighted by atomic mass is 19.1. The summed E-state index contributed by atoms with van der Waals surface area (Å²) < 4.78 is 57.6. The maximum atomic E-state index is 17.5. The van der Waals surface area contributed by atoms with Crippen molar-refractivity contribution in [1.82, 2.24) is 9.88 Å². The Morgan fingerprint density at radius 2 is 1.76 bits per heavy atom. The third-order valence-corrected chi connectivity index (χ3v) is 15.4. The zero-order valence-corrected chi connectivity index (χ0v) is 36.5. The average Bonchev–Trinajstić information content (AvgIpc) is 4.06. The normalized spacial score (nSPS) is 34.1. The van der Waals surface area contributed by atoms with Gasteiger partial charge in [0.25, 0.3) is 0 Å². The third-order valence-electron chi connectivity index (χ3n) is 15.4. The first-order valence-electron chi connectivity index (χ1n) is 22.3. The van der Waals surface area contributed by atoms with Gasteiger partial charge in [-0.1, -0.05) is 25.5 Å². The maximum absolute atomic E-state index is 17.5. The second-order valence-electron chi connectivity index (χ2n) is 19.0. The van der Waals surface area contributed by atoms with Gasteiger partial charge in [-0.3, -0.25) is 14.4 Å².